The van der Waals surface area contributed by atoms with E-state index in [1.807, 2.05) is 12.9 Å². The fraction of sp³-hybridized carbons (Fsp3) is 0.238. The summed E-state index contributed by atoms with van der Waals surface area (Å²) in [7, 11) is 0. The van der Waals surface area contributed by atoms with E-state index in [2.05, 4.69) is 75.4 Å². The molecule has 2 aliphatic carbocycles. The zero-order valence-corrected chi connectivity index (χ0v) is 21.4. The van der Waals surface area contributed by atoms with Crippen LogP contribution in [-0.4, -0.2) is 6.88 Å². The molecule has 25 heavy (non-hydrogen) atoms. The average Bonchev–Trinajstić information content (AvgIpc) is 3.13. The first-order chi connectivity index (χ1) is 10.2. The van der Waals surface area contributed by atoms with Crippen molar-refractivity contribution < 1.29 is 23.3 Å². The van der Waals surface area contributed by atoms with Gasteiger partial charge in [-0.1, -0.05) is 50.1 Å². The van der Waals surface area contributed by atoms with Gasteiger partial charge >= 0.3 is 30.2 Å². The molecule has 2 aliphatic rings. The second kappa shape index (κ2) is 18.6. The molecule has 1 aromatic rings. The van der Waals surface area contributed by atoms with Crippen molar-refractivity contribution in [1.82, 2.24) is 0 Å². The van der Waals surface area contributed by atoms with Crippen molar-refractivity contribution in [2.75, 3.05) is 0 Å². The summed E-state index contributed by atoms with van der Waals surface area (Å²) in [6.45, 7) is 8.34. The molecular formula is C21H30Cl2SiZr-4. The van der Waals surface area contributed by atoms with Crippen LogP contribution in [0, 0.1) is 32.9 Å². The number of allylic oxidation sites excluding steroid dienone is 8. The van der Waals surface area contributed by atoms with Crippen LogP contribution in [0.4, 0.5) is 0 Å². The molecule has 1 aromatic carbocycles. The topological polar surface area (TPSA) is 0 Å². The van der Waals surface area contributed by atoms with Crippen molar-refractivity contribution in [2.24, 2.45) is 5.92 Å². The van der Waals surface area contributed by atoms with Gasteiger partial charge in [0, 0.05) is 0 Å². The van der Waals surface area contributed by atoms with Gasteiger partial charge in [-0.2, -0.15) is 17.7 Å². The molecule has 0 aliphatic heterocycles. The van der Waals surface area contributed by atoms with E-state index in [-0.39, 0.29) is 39.7 Å². The molecule has 1 atom stereocenters. The second-order valence-corrected chi connectivity index (χ2v) is 4.99. The minimum absolute atomic E-state index is 0. The van der Waals surface area contributed by atoms with Crippen LogP contribution in [0.1, 0.15) is 32.8 Å². The molecule has 4 heteroatoms. The summed E-state index contributed by atoms with van der Waals surface area (Å²) in [5.41, 5.74) is 5.29. The molecule has 0 heterocycles. The van der Waals surface area contributed by atoms with Crippen LogP contribution < -0.4 is 0 Å². The molecular weight excluding hydrogens is 442 g/mol. The molecule has 0 saturated carbocycles. The zero-order valence-electron chi connectivity index (χ0n) is 15.9. The molecule has 0 amide bonds. The number of hydrogen-bond donors (Lipinski definition) is 0. The number of benzene rings is 1. The van der Waals surface area contributed by atoms with Gasteiger partial charge in [-0.15, -0.1) is 43.7 Å². The Bertz CT molecular complexity index is 557. The van der Waals surface area contributed by atoms with Crippen LogP contribution in [0.3, 0.4) is 0 Å². The van der Waals surface area contributed by atoms with Crippen molar-refractivity contribution >= 4 is 37.3 Å². The van der Waals surface area contributed by atoms with Crippen molar-refractivity contribution in [3.8, 4) is 0 Å². The van der Waals surface area contributed by atoms with Gasteiger partial charge in [0.05, 0.1) is 0 Å². The first kappa shape index (κ1) is 32.5. The van der Waals surface area contributed by atoms with Gasteiger partial charge in [0.1, 0.15) is 0 Å². The maximum atomic E-state index is 3.29. The monoisotopic (exact) mass is 470 g/mol. The predicted octanol–water partition coefficient (Wildman–Crippen LogP) is 5.99. The molecule has 3 rings (SSSR count). The predicted molar refractivity (Wildman–Crippen MR) is 118 cm³/mol. The third-order valence-electron chi connectivity index (χ3n) is 3.34. The van der Waals surface area contributed by atoms with E-state index >= 15 is 0 Å². The normalized spacial score (nSPS) is 15.6. The first-order valence-electron chi connectivity index (χ1n) is 7.13. The van der Waals surface area contributed by atoms with E-state index in [0.29, 0.717) is 5.92 Å². The van der Waals surface area contributed by atoms with Crippen LogP contribution in [0.15, 0.2) is 59.7 Å². The summed E-state index contributed by atoms with van der Waals surface area (Å²) in [4.78, 5) is 0. The molecule has 0 saturated heterocycles. The zero-order chi connectivity index (χ0) is 15.7. The first-order valence-corrected chi connectivity index (χ1v) is 13.1. The molecule has 0 radical (unpaired) electrons. The minimum atomic E-state index is 0. The molecule has 0 bridgehead atoms. The van der Waals surface area contributed by atoms with E-state index in [1.54, 1.807) is 23.3 Å². The Labute approximate surface area is 185 Å². The van der Waals surface area contributed by atoms with Gasteiger partial charge in [-0.3, -0.25) is 12.2 Å². The number of rotatable bonds is 1. The third kappa shape index (κ3) is 12.0. The van der Waals surface area contributed by atoms with Gasteiger partial charge in [0.15, 0.2) is 0 Å². The van der Waals surface area contributed by atoms with Crippen LogP contribution in [0.2, 0.25) is 0 Å². The van der Waals surface area contributed by atoms with Gasteiger partial charge in [-0.25, -0.2) is 17.2 Å². The third-order valence-corrected chi connectivity index (χ3v) is 3.34. The van der Waals surface area contributed by atoms with Crippen molar-refractivity contribution in [3.63, 3.8) is 0 Å². The van der Waals surface area contributed by atoms with E-state index in [0.717, 1.165) is 6.42 Å². The maximum absolute atomic E-state index is 3.29. The Morgan fingerprint density at radius 2 is 1.60 bits per heavy atom. The van der Waals surface area contributed by atoms with Crippen LogP contribution in [0.5, 0.6) is 0 Å². The Kier molecular flexibility index (Phi) is 24.3. The quantitative estimate of drug-likeness (QED) is 0.348. The van der Waals surface area contributed by atoms with Gasteiger partial charge in [0.2, 0.25) is 0 Å². The fourth-order valence-electron chi connectivity index (χ4n) is 2.23. The summed E-state index contributed by atoms with van der Waals surface area (Å²) >= 11 is 1.58. The number of halogens is 2. The molecule has 0 aromatic heterocycles. The summed E-state index contributed by atoms with van der Waals surface area (Å²) < 4.78 is 0. The van der Waals surface area contributed by atoms with Crippen LogP contribution >= 0.6 is 24.8 Å². The summed E-state index contributed by atoms with van der Waals surface area (Å²) in [6.07, 6.45) is 13.9. The molecule has 1 unspecified atom stereocenters. The average molecular weight is 473 g/mol. The summed E-state index contributed by atoms with van der Waals surface area (Å²) in [6, 6.07) is 10.4. The van der Waals surface area contributed by atoms with Crippen molar-refractivity contribution in [1.29, 1.82) is 0 Å². The Morgan fingerprint density at radius 1 is 1.04 bits per heavy atom. The van der Waals surface area contributed by atoms with Crippen molar-refractivity contribution in [2.45, 2.75) is 27.2 Å². The second-order valence-electron chi connectivity index (χ2n) is 4.99. The molecule has 0 N–H and O–H groups in total. The van der Waals surface area contributed by atoms with E-state index in [9.17, 15) is 0 Å². The van der Waals surface area contributed by atoms with Gasteiger partial charge < -0.3 is 14.9 Å². The Morgan fingerprint density at radius 3 is 1.92 bits per heavy atom. The summed E-state index contributed by atoms with van der Waals surface area (Å²) in [5, 5.41) is 0. The Balaban J connectivity index is -0.000000144. The molecule has 0 fully saturated rings. The van der Waals surface area contributed by atoms with E-state index in [1.165, 1.54) is 22.3 Å². The van der Waals surface area contributed by atoms with Crippen LogP contribution in [0.25, 0.3) is 5.57 Å². The van der Waals surface area contributed by atoms with Gasteiger partial charge in [-0.05, 0) is 0 Å². The fourth-order valence-corrected chi connectivity index (χ4v) is 2.23. The Hall–Kier alpha value is -0.140. The molecule has 140 valence electrons. The van der Waals surface area contributed by atoms with Crippen molar-refractivity contribution in [3.05, 3.63) is 92.3 Å². The molecule has 0 nitrogen and oxygen atoms in total. The van der Waals surface area contributed by atoms with Crippen LogP contribution in [-0.2, 0) is 23.3 Å². The van der Waals surface area contributed by atoms with E-state index < -0.39 is 0 Å². The summed E-state index contributed by atoms with van der Waals surface area (Å²) in [5.74, 6) is 0.551. The van der Waals surface area contributed by atoms with Gasteiger partial charge in [0.25, 0.3) is 0 Å². The standard InChI is InChI=1S/C11H9.C8H11.2CH3.2ClH.H2Si.Zr/c1-2-6-10(7-3-1)11-8-4-5-9-11;1-6-4-7(2)8(3)5-6;;;;;;/h1-3,6-9H,4H2;4,6H,1-3H3;2*1H3;2*1H;1H2;/q4*-1;;;;. The molecule has 0 spiro atoms. The SMILES string of the molecule is CC1=[C-]C(C)C=C1C.Cl.Cl.[C-]1=CC(c2ccccc2)=CC1.[CH3-].[CH3-].[SiH2]=[Zr]. The van der Waals surface area contributed by atoms with E-state index in [4.69, 9.17) is 0 Å². The number of hydrogen-bond acceptors (Lipinski definition) is 0.